The number of nitrogens with zero attached hydrogens (tertiary/aromatic N) is 1. The Bertz CT molecular complexity index is 233. The van der Waals surface area contributed by atoms with Crippen LogP contribution >= 0.6 is 0 Å². The summed E-state index contributed by atoms with van der Waals surface area (Å²) in [5, 5.41) is 0. The lowest BCUT2D eigenvalue weighted by Gasteiger charge is -2.28. The Morgan fingerprint density at radius 3 is 2.38 bits per heavy atom. The molecule has 0 atom stereocenters. The number of likely N-dealkylation sites (tertiary alicyclic amines) is 1. The van der Waals surface area contributed by atoms with Gasteiger partial charge in [0.25, 0.3) is 5.91 Å². The summed E-state index contributed by atoms with van der Waals surface area (Å²) in [4.78, 5) is 23.9. The molecule has 0 bridgehead atoms. The van der Waals surface area contributed by atoms with E-state index in [9.17, 15) is 9.59 Å². The zero-order chi connectivity index (χ0) is 10.1. The van der Waals surface area contributed by atoms with E-state index in [4.69, 9.17) is 0 Å². The summed E-state index contributed by atoms with van der Waals surface area (Å²) in [5.41, 5.74) is 0.125. The van der Waals surface area contributed by atoms with Gasteiger partial charge in [-0.15, -0.1) is 0 Å². The van der Waals surface area contributed by atoms with E-state index in [0.29, 0.717) is 19.5 Å². The fourth-order valence-corrected chi connectivity index (χ4v) is 1.40. The normalized spacial score (nSPS) is 18.5. The predicted molar refractivity (Wildman–Crippen MR) is 50.3 cm³/mol. The van der Waals surface area contributed by atoms with Crippen molar-refractivity contribution in [1.82, 2.24) is 4.90 Å². The highest BCUT2D eigenvalue weighted by Gasteiger charge is 2.32. The SMILES string of the molecule is CCC(C)(C)CN1CCC(=O)C1=O. The maximum absolute atomic E-state index is 11.3. The minimum absolute atomic E-state index is 0.125. The van der Waals surface area contributed by atoms with E-state index in [-0.39, 0.29) is 17.1 Å². The fraction of sp³-hybridized carbons (Fsp3) is 0.800. The topological polar surface area (TPSA) is 37.4 Å². The van der Waals surface area contributed by atoms with Crippen molar-refractivity contribution in [2.24, 2.45) is 5.41 Å². The highest BCUT2D eigenvalue weighted by Crippen LogP contribution is 2.23. The molecule has 0 saturated carbocycles. The van der Waals surface area contributed by atoms with Crippen LogP contribution in [0, 0.1) is 5.41 Å². The number of hydrogen-bond acceptors (Lipinski definition) is 2. The van der Waals surface area contributed by atoms with E-state index >= 15 is 0 Å². The van der Waals surface area contributed by atoms with Crippen LogP contribution in [0.2, 0.25) is 0 Å². The first-order valence-electron chi connectivity index (χ1n) is 4.78. The van der Waals surface area contributed by atoms with Crippen LogP contribution < -0.4 is 0 Å². The standard InChI is InChI=1S/C10H17NO2/c1-4-10(2,3)7-11-6-5-8(12)9(11)13/h4-7H2,1-3H3. The summed E-state index contributed by atoms with van der Waals surface area (Å²) < 4.78 is 0. The molecule has 1 heterocycles. The number of carbonyl (C=O) groups excluding carboxylic acids is 2. The van der Waals surface area contributed by atoms with E-state index in [1.165, 1.54) is 0 Å². The first-order chi connectivity index (χ1) is 5.96. The zero-order valence-corrected chi connectivity index (χ0v) is 8.59. The van der Waals surface area contributed by atoms with Crippen molar-refractivity contribution in [2.75, 3.05) is 13.1 Å². The summed E-state index contributed by atoms with van der Waals surface area (Å²) in [5.74, 6) is -0.520. The molecule has 3 nitrogen and oxygen atoms in total. The molecule has 1 fully saturated rings. The van der Waals surface area contributed by atoms with Crippen LogP contribution in [0.4, 0.5) is 0 Å². The lowest BCUT2D eigenvalue weighted by molar-refractivity contribution is -0.140. The fourth-order valence-electron chi connectivity index (χ4n) is 1.40. The molecule has 0 unspecified atom stereocenters. The van der Waals surface area contributed by atoms with Crippen LogP contribution in [0.5, 0.6) is 0 Å². The van der Waals surface area contributed by atoms with E-state index in [2.05, 4.69) is 20.8 Å². The Hall–Kier alpha value is -0.860. The molecule has 0 radical (unpaired) electrons. The molecule has 0 aromatic rings. The summed E-state index contributed by atoms with van der Waals surface area (Å²) in [6.07, 6.45) is 1.42. The second-order valence-electron chi connectivity index (χ2n) is 4.42. The van der Waals surface area contributed by atoms with Crippen molar-refractivity contribution < 1.29 is 9.59 Å². The Balaban J connectivity index is 2.56. The molecule has 1 aliphatic rings. The minimum atomic E-state index is -0.290. The second-order valence-corrected chi connectivity index (χ2v) is 4.42. The third-order valence-corrected chi connectivity index (χ3v) is 2.71. The van der Waals surface area contributed by atoms with Gasteiger partial charge in [-0.25, -0.2) is 0 Å². The summed E-state index contributed by atoms with van der Waals surface area (Å²) >= 11 is 0. The lowest BCUT2D eigenvalue weighted by Crippen LogP contribution is -2.36. The molecule has 13 heavy (non-hydrogen) atoms. The molecule has 3 heteroatoms. The van der Waals surface area contributed by atoms with Crippen molar-refractivity contribution in [3.8, 4) is 0 Å². The molecule has 0 spiro atoms. The van der Waals surface area contributed by atoms with Crippen molar-refractivity contribution in [2.45, 2.75) is 33.6 Å². The smallest absolute Gasteiger partial charge is 0.290 e. The minimum Gasteiger partial charge on any atom is -0.335 e. The molecule has 1 rings (SSSR count). The largest absolute Gasteiger partial charge is 0.335 e. The first-order valence-corrected chi connectivity index (χ1v) is 4.78. The second kappa shape index (κ2) is 3.48. The molecule has 0 aromatic heterocycles. The maximum Gasteiger partial charge on any atom is 0.290 e. The molecular weight excluding hydrogens is 166 g/mol. The summed E-state index contributed by atoms with van der Waals surface area (Å²) in [7, 11) is 0. The van der Waals surface area contributed by atoms with Gasteiger partial charge < -0.3 is 4.90 Å². The van der Waals surface area contributed by atoms with E-state index in [1.807, 2.05) is 0 Å². The van der Waals surface area contributed by atoms with Gasteiger partial charge in [-0.1, -0.05) is 20.8 Å². The number of carbonyl (C=O) groups is 2. The third kappa shape index (κ3) is 2.29. The average molecular weight is 183 g/mol. The van der Waals surface area contributed by atoms with Gasteiger partial charge in [-0.2, -0.15) is 0 Å². The number of amides is 1. The third-order valence-electron chi connectivity index (χ3n) is 2.71. The molecule has 0 aromatic carbocycles. The van der Waals surface area contributed by atoms with Crippen LogP contribution in [0.1, 0.15) is 33.6 Å². The molecule has 1 amide bonds. The van der Waals surface area contributed by atoms with Crippen molar-refractivity contribution in [1.29, 1.82) is 0 Å². The zero-order valence-electron chi connectivity index (χ0n) is 8.59. The van der Waals surface area contributed by atoms with Gasteiger partial charge in [0.05, 0.1) is 0 Å². The van der Waals surface area contributed by atoms with Crippen molar-refractivity contribution in [3.63, 3.8) is 0 Å². The van der Waals surface area contributed by atoms with Crippen LogP contribution in [-0.2, 0) is 9.59 Å². The number of hydrogen-bond donors (Lipinski definition) is 0. The van der Waals surface area contributed by atoms with E-state index < -0.39 is 0 Å². The van der Waals surface area contributed by atoms with Crippen LogP contribution in [0.3, 0.4) is 0 Å². The van der Waals surface area contributed by atoms with Crippen molar-refractivity contribution >= 4 is 11.7 Å². The molecule has 1 aliphatic heterocycles. The van der Waals surface area contributed by atoms with Gasteiger partial charge in [0.1, 0.15) is 0 Å². The highest BCUT2D eigenvalue weighted by atomic mass is 16.2. The molecule has 74 valence electrons. The summed E-state index contributed by atoms with van der Waals surface area (Å²) in [6, 6.07) is 0. The molecule has 0 N–H and O–H groups in total. The number of rotatable bonds is 3. The van der Waals surface area contributed by atoms with E-state index in [1.54, 1.807) is 4.90 Å². The Labute approximate surface area is 79.1 Å². The quantitative estimate of drug-likeness (QED) is 0.617. The van der Waals surface area contributed by atoms with Gasteiger partial charge in [0.15, 0.2) is 0 Å². The Morgan fingerprint density at radius 1 is 1.38 bits per heavy atom. The van der Waals surface area contributed by atoms with Crippen LogP contribution in [0.25, 0.3) is 0 Å². The van der Waals surface area contributed by atoms with Gasteiger partial charge in [0, 0.05) is 19.5 Å². The number of Topliss-reactive ketones (excluding diaryl/α,β-unsaturated/α-hetero) is 1. The lowest BCUT2D eigenvalue weighted by atomic mass is 9.90. The van der Waals surface area contributed by atoms with Crippen LogP contribution in [0.15, 0.2) is 0 Å². The molecule has 0 aliphatic carbocycles. The number of ketones is 1. The predicted octanol–water partition coefficient (Wildman–Crippen LogP) is 1.22. The van der Waals surface area contributed by atoms with Gasteiger partial charge in [0.2, 0.25) is 5.78 Å². The van der Waals surface area contributed by atoms with Gasteiger partial charge in [-0.3, -0.25) is 9.59 Å². The maximum atomic E-state index is 11.3. The van der Waals surface area contributed by atoms with Crippen LogP contribution in [-0.4, -0.2) is 29.7 Å². The van der Waals surface area contributed by atoms with Gasteiger partial charge >= 0.3 is 0 Å². The first kappa shape index (κ1) is 10.2. The summed E-state index contributed by atoms with van der Waals surface area (Å²) in [6.45, 7) is 7.64. The van der Waals surface area contributed by atoms with Gasteiger partial charge in [-0.05, 0) is 11.8 Å². The molecular formula is C10H17NO2. The molecule has 1 saturated heterocycles. The monoisotopic (exact) mass is 183 g/mol. The average Bonchev–Trinajstić information content (AvgIpc) is 2.36. The Morgan fingerprint density at radius 2 is 2.00 bits per heavy atom. The van der Waals surface area contributed by atoms with E-state index in [0.717, 1.165) is 6.42 Å². The van der Waals surface area contributed by atoms with Crippen molar-refractivity contribution in [3.05, 3.63) is 0 Å². The highest BCUT2D eigenvalue weighted by molar-refractivity contribution is 6.37. The Kier molecular flexibility index (Phi) is 2.74.